The molecule has 0 fully saturated rings. The van der Waals surface area contributed by atoms with Gasteiger partial charge in [-0.05, 0) is 43.1 Å². The Hall–Kier alpha value is -1.48. The smallest absolute Gasteiger partial charge is 0.0624 e. The fourth-order valence-corrected chi connectivity index (χ4v) is 3.50. The fourth-order valence-electron chi connectivity index (χ4n) is 3.10. The second-order valence-electron chi connectivity index (χ2n) is 5.56. The maximum atomic E-state index is 6.33. The van der Waals surface area contributed by atoms with Crippen LogP contribution in [0.4, 0.5) is 0 Å². The number of nitrogens with two attached hydrogens (primary N) is 1. The Bertz CT molecular complexity index is 808. The van der Waals surface area contributed by atoms with Crippen LogP contribution in [0, 0.1) is 6.92 Å². The van der Waals surface area contributed by atoms with Crippen LogP contribution in [0.15, 0.2) is 42.5 Å². The van der Waals surface area contributed by atoms with E-state index in [0.717, 1.165) is 23.2 Å². The minimum absolute atomic E-state index is 0.201. The molecule has 1 atom stereocenters. The van der Waals surface area contributed by atoms with Gasteiger partial charge in [0, 0.05) is 22.5 Å². The van der Waals surface area contributed by atoms with E-state index < -0.39 is 0 Å². The van der Waals surface area contributed by atoms with E-state index in [-0.39, 0.29) is 5.92 Å². The largest absolute Gasteiger partial charge is 0.358 e. The van der Waals surface area contributed by atoms with Gasteiger partial charge in [-0.1, -0.05) is 53.5 Å². The topological polar surface area (TPSA) is 41.8 Å². The van der Waals surface area contributed by atoms with Gasteiger partial charge in [0.25, 0.3) is 0 Å². The molecule has 3 rings (SSSR count). The molecule has 0 spiro atoms. The van der Waals surface area contributed by atoms with Crippen molar-refractivity contribution in [3.8, 4) is 0 Å². The van der Waals surface area contributed by atoms with Crippen molar-refractivity contribution in [2.24, 2.45) is 5.73 Å². The Morgan fingerprint density at radius 1 is 1.09 bits per heavy atom. The maximum Gasteiger partial charge on any atom is 0.0624 e. The van der Waals surface area contributed by atoms with E-state index >= 15 is 0 Å². The molecule has 2 nitrogen and oxygen atoms in total. The molecule has 3 aromatic rings. The van der Waals surface area contributed by atoms with E-state index in [0.29, 0.717) is 16.6 Å². The highest BCUT2D eigenvalue weighted by molar-refractivity contribution is 6.42. The van der Waals surface area contributed by atoms with Crippen LogP contribution < -0.4 is 5.73 Å². The monoisotopic (exact) mass is 332 g/mol. The van der Waals surface area contributed by atoms with Gasteiger partial charge in [-0.3, -0.25) is 0 Å². The number of halogens is 2. The van der Waals surface area contributed by atoms with Gasteiger partial charge in [-0.25, -0.2) is 0 Å². The molecule has 22 heavy (non-hydrogen) atoms. The van der Waals surface area contributed by atoms with Gasteiger partial charge < -0.3 is 10.7 Å². The summed E-state index contributed by atoms with van der Waals surface area (Å²) in [6.45, 7) is 2.66. The standard InChI is InChI=1S/C18H18Cl2N2/c1-11-17(14-6-2-3-8-16(14)22-11)13(10-21)9-12-5-4-7-15(19)18(12)20/h2-8,13,22H,9-10,21H2,1H3. The first-order chi connectivity index (χ1) is 10.6. The van der Waals surface area contributed by atoms with Crippen molar-refractivity contribution in [2.45, 2.75) is 19.3 Å². The maximum absolute atomic E-state index is 6.33. The van der Waals surface area contributed by atoms with E-state index in [1.54, 1.807) is 0 Å². The Labute approximate surface area is 140 Å². The van der Waals surface area contributed by atoms with Crippen LogP contribution in [0.25, 0.3) is 10.9 Å². The Morgan fingerprint density at radius 2 is 1.86 bits per heavy atom. The second-order valence-corrected chi connectivity index (χ2v) is 6.34. The molecule has 2 aromatic carbocycles. The summed E-state index contributed by atoms with van der Waals surface area (Å²) in [6, 6.07) is 14.1. The summed E-state index contributed by atoms with van der Waals surface area (Å²) in [5.74, 6) is 0.201. The van der Waals surface area contributed by atoms with Gasteiger partial charge in [0.2, 0.25) is 0 Å². The molecule has 0 amide bonds. The van der Waals surface area contributed by atoms with Crippen molar-refractivity contribution >= 4 is 34.1 Å². The summed E-state index contributed by atoms with van der Waals surface area (Å²) in [5.41, 5.74) is 10.7. The van der Waals surface area contributed by atoms with Crippen LogP contribution in [0.5, 0.6) is 0 Å². The van der Waals surface area contributed by atoms with Crippen LogP contribution >= 0.6 is 23.2 Å². The Balaban J connectivity index is 2.03. The van der Waals surface area contributed by atoms with Crippen molar-refractivity contribution in [1.29, 1.82) is 0 Å². The first kappa shape index (κ1) is 15.4. The normalized spacial score (nSPS) is 12.7. The van der Waals surface area contributed by atoms with Crippen molar-refractivity contribution in [3.05, 3.63) is 69.3 Å². The molecule has 1 unspecified atom stereocenters. The minimum Gasteiger partial charge on any atom is -0.358 e. The molecule has 4 heteroatoms. The van der Waals surface area contributed by atoms with E-state index in [9.17, 15) is 0 Å². The highest BCUT2D eigenvalue weighted by atomic mass is 35.5. The lowest BCUT2D eigenvalue weighted by Gasteiger charge is -2.17. The average molecular weight is 333 g/mol. The molecule has 3 N–H and O–H groups in total. The van der Waals surface area contributed by atoms with E-state index in [1.165, 1.54) is 10.9 Å². The minimum atomic E-state index is 0.201. The van der Waals surface area contributed by atoms with Gasteiger partial charge in [0.1, 0.15) is 0 Å². The van der Waals surface area contributed by atoms with Gasteiger partial charge in [0.05, 0.1) is 10.0 Å². The van der Waals surface area contributed by atoms with Crippen molar-refractivity contribution in [1.82, 2.24) is 4.98 Å². The zero-order valence-electron chi connectivity index (χ0n) is 12.4. The summed E-state index contributed by atoms with van der Waals surface area (Å²) in [4.78, 5) is 3.44. The van der Waals surface area contributed by atoms with Gasteiger partial charge >= 0.3 is 0 Å². The number of fused-ring (bicyclic) bond motifs is 1. The lowest BCUT2D eigenvalue weighted by Crippen LogP contribution is -2.16. The van der Waals surface area contributed by atoms with E-state index in [1.807, 2.05) is 24.3 Å². The molecule has 0 saturated carbocycles. The number of benzene rings is 2. The van der Waals surface area contributed by atoms with Crippen LogP contribution in [0.3, 0.4) is 0 Å². The number of para-hydroxylation sites is 1. The molecule has 0 radical (unpaired) electrons. The quantitative estimate of drug-likeness (QED) is 0.688. The van der Waals surface area contributed by atoms with Crippen molar-refractivity contribution in [2.75, 3.05) is 6.54 Å². The predicted molar refractivity (Wildman–Crippen MR) is 95.0 cm³/mol. The van der Waals surface area contributed by atoms with Gasteiger partial charge in [-0.2, -0.15) is 0 Å². The number of H-pyrrole nitrogens is 1. The first-order valence-corrected chi connectivity index (χ1v) is 8.07. The van der Waals surface area contributed by atoms with Gasteiger partial charge in [0.15, 0.2) is 0 Å². The molecule has 0 bridgehead atoms. The molecule has 1 heterocycles. The second kappa shape index (κ2) is 6.33. The number of aryl methyl sites for hydroxylation is 1. The lowest BCUT2D eigenvalue weighted by molar-refractivity contribution is 0.695. The molecule has 0 aliphatic heterocycles. The third-order valence-electron chi connectivity index (χ3n) is 4.13. The molecule has 0 aliphatic carbocycles. The SMILES string of the molecule is Cc1[nH]c2ccccc2c1C(CN)Cc1cccc(Cl)c1Cl. The molecule has 1 aromatic heterocycles. The number of aromatic amines is 1. The number of hydrogen-bond donors (Lipinski definition) is 2. The zero-order valence-corrected chi connectivity index (χ0v) is 13.9. The molecule has 114 valence electrons. The van der Waals surface area contributed by atoms with E-state index in [2.05, 4.69) is 30.1 Å². The highest BCUT2D eigenvalue weighted by Gasteiger charge is 2.19. The third kappa shape index (κ3) is 2.74. The zero-order chi connectivity index (χ0) is 15.7. The van der Waals surface area contributed by atoms with Crippen LogP contribution in [0.2, 0.25) is 10.0 Å². The summed E-state index contributed by atoms with van der Waals surface area (Å²) in [5, 5.41) is 2.44. The Kier molecular flexibility index (Phi) is 4.44. The molecular weight excluding hydrogens is 315 g/mol. The lowest BCUT2D eigenvalue weighted by atomic mass is 9.90. The Morgan fingerprint density at radius 3 is 2.64 bits per heavy atom. The summed E-state index contributed by atoms with van der Waals surface area (Å²) in [7, 11) is 0. The number of aromatic nitrogens is 1. The van der Waals surface area contributed by atoms with E-state index in [4.69, 9.17) is 28.9 Å². The van der Waals surface area contributed by atoms with Crippen LogP contribution in [0.1, 0.15) is 22.7 Å². The number of rotatable bonds is 4. The van der Waals surface area contributed by atoms with Crippen LogP contribution in [-0.2, 0) is 6.42 Å². The fraction of sp³-hybridized carbons (Fsp3) is 0.222. The molecule has 0 aliphatic rings. The highest BCUT2D eigenvalue weighted by Crippen LogP contribution is 2.34. The summed E-state index contributed by atoms with van der Waals surface area (Å²) < 4.78 is 0. The number of nitrogens with one attached hydrogen (secondary N) is 1. The van der Waals surface area contributed by atoms with Crippen molar-refractivity contribution < 1.29 is 0 Å². The predicted octanol–water partition coefficient (Wildman–Crippen LogP) is 5.07. The summed E-state index contributed by atoms with van der Waals surface area (Å²) >= 11 is 12.5. The number of hydrogen-bond acceptors (Lipinski definition) is 1. The van der Waals surface area contributed by atoms with Gasteiger partial charge in [-0.15, -0.1) is 0 Å². The van der Waals surface area contributed by atoms with Crippen LogP contribution in [-0.4, -0.2) is 11.5 Å². The average Bonchev–Trinajstić information content (AvgIpc) is 2.85. The van der Waals surface area contributed by atoms with Crippen molar-refractivity contribution in [3.63, 3.8) is 0 Å². The molecular formula is C18H18Cl2N2. The molecule has 0 saturated heterocycles. The third-order valence-corrected chi connectivity index (χ3v) is 4.99. The first-order valence-electron chi connectivity index (χ1n) is 7.32. The summed E-state index contributed by atoms with van der Waals surface area (Å²) in [6.07, 6.45) is 0.776.